The molecule has 7 nitrogen and oxygen atoms in total. The molecule has 1 aliphatic rings. The van der Waals surface area contributed by atoms with Crippen LogP contribution in [0.25, 0.3) is 0 Å². The van der Waals surface area contributed by atoms with Gasteiger partial charge in [0.1, 0.15) is 12.3 Å². The molecule has 0 unspecified atom stereocenters. The van der Waals surface area contributed by atoms with Crippen molar-refractivity contribution in [2.45, 2.75) is 39.7 Å². The summed E-state index contributed by atoms with van der Waals surface area (Å²) in [5.74, 6) is 0.490. The second kappa shape index (κ2) is 10.9. The first-order chi connectivity index (χ1) is 15.7. The number of methoxy groups -OCH3 is 2. The third-order valence-electron chi connectivity index (χ3n) is 5.40. The van der Waals surface area contributed by atoms with Gasteiger partial charge in [0.15, 0.2) is 0 Å². The predicted molar refractivity (Wildman–Crippen MR) is 131 cm³/mol. The van der Waals surface area contributed by atoms with E-state index in [2.05, 4.69) is 0 Å². The molecule has 1 aromatic carbocycles. The van der Waals surface area contributed by atoms with E-state index < -0.39 is 0 Å². The molecule has 0 radical (unpaired) electrons. The Morgan fingerprint density at radius 3 is 2.48 bits per heavy atom. The molecule has 2 heterocycles. The van der Waals surface area contributed by atoms with Crippen molar-refractivity contribution in [1.82, 2.24) is 9.91 Å². The molecular weight excluding hydrogens is 438 g/mol. The highest BCUT2D eigenvalue weighted by atomic mass is 32.1. The zero-order valence-corrected chi connectivity index (χ0v) is 20.9. The zero-order chi connectivity index (χ0) is 24.0. The number of hydrazone groups is 1. The van der Waals surface area contributed by atoms with Crippen LogP contribution in [0.5, 0.6) is 5.75 Å². The monoisotopic (exact) mass is 471 g/mol. The minimum atomic E-state index is -0.234. The Morgan fingerprint density at radius 1 is 1.18 bits per heavy atom. The summed E-state index contributed by atoms with van der Waals surface area (Å²) in [4.78, 5) is 29.0. The van der Waals surface area contributed by atoms with Gasteiger partial charge in [-0.25, -0.2) is 5.01 Å². The summed E-state index contributed by atoms with van der Waals surface area (Å²) in [6.07, 6.45) is 0.974. The highest BCUT2D eigenvalue weighted by molar-refractivity contribution is 7.12. The summed E-state index contributed by atoms with van der Waals surface area (Å²) < 4.78 is 10.5. The van der Waals surface area contributed by atoms with Crippen LogP contribution < -0.4 is 4.74 Å². The Morgan fingerprint density at radius 2 is 1.91 bits per heavy atom. The second-order valence-electron chi connectivity index (χ2n) is 9.30. The summed E-state index contributed by atoms with van der Waals surface area (Å²) >= 11 is 1.60. The van der Waals surface area contributed by atoms with Crippen molar-refractivity contribution in [2.24, 2.45) is 10.5 Å². The summed E-state index contributed by atoms with van der Waals surface area (Å²) in [6.45, 7) is 6.73. The van der Waals surface area contributed by atoms with Crippen LogP contribution in [0.15, 0.2) is 46.9 Å². The number of rotatable bonds is 9. The first-order valence-electron chi connectivity index (χ1n) is 11.1. The maximum absolute atomic E-state index is 13.5. The van der Waals surface area contributed by atoms with Gasteiger partial charge in [-0.15, -0.1) is 11.3 Å². The van der Waals surface area contributed by atoms with Crippen LogP contribution in [0.1, 0.15) is 50.1 Å². The Kier molecular flexibility index (Phi) is 8.26. The molecule has 0 spiro atoms. The van der Waals surface area contributed by atoms with Crippen molar-refractivity contribution < 1.29 is 19.1 Å². The van der Waals surface area contributed by atoms with Gasteiger partial charge in [-0.3, -0.25) is 9.59 Å². The van der Waals surface area contributed by atoms with Gasteiger partial charge >= 0.3 is 0 Å². The van der Waals surface area contributed by atoms with E-state index in [1.54, 1.807) is 35.5 Å². The van der Waals surface area contributed by atoms with Gasteiger partial charge in [-0.05, 0) is 34.6 Å². The molecule has 33 heavy (non-hydrogen) atoms. The van der Waals surface area contributed by atoms with E-state index in [4.69, 9.17) is 14.6 Å². The number of benzene rings is 1. The first-order valence-corrected chi connectivity index (χ1v) is 11.9. The lowest BCUT2D eigenvalue weighted by Crippen LogP contribution is -2.43. The van der Waals surface area contributed by atoms with Crippen molar-refractivity contribution in [3.05, 3.63) is 52.2 Å². The lowest BCUT2D eigenvalue weighted by molar-refractivity contribution is -0.143. The van der Waals surface area contributed by atoms with E-state index in [0.717, 1.165) is 21.9 Å². The van der Waals surface area contributed by atoms with Crippen LogP contribution in [0.4, 0.5) is 0 Å². The van der Waals surface area contributed by atoms with Gasteiger partial charge in [0.25, 0.3) is 5.91 Å². The van der Waals surface area contributed by atoms with E-state index in [1.165, 1.54) is 0 Å². The van der Waals surface area contributed by atoms with Gasteiger partial charge in [0.2, 0.25) is 5.91 Å². The minimum Gasteiger partial charge on any atom is -0.497 e. The van der Waals surface area contributed by atoms with E-state index in [9.17, 15) is 9.59 Å². The van der Waals surface area contributed by atoms with E-state index in [1.807, 2.05) is 62.5 Å². The Balaban J connectivity index is 1.85. The molecule has 1 aromatic heterocycles. The smallest absolute Gasteiger partial charge is 0.262 e. The molecule has 1 aliphatic heterocycles. The number of nitrogens with zero attached hydrogens (tertiary/aromatic N) is 3. The van der Waals surface area contributed by atoms with Crippen molar-refractivity contribution in [3.63, 3.8) is 0 Å². The number of hydrogen-bond acceptors (Lipinski definition) is 6. The molecule has 2 amide bonds. The van der Waals surface area contributed by atoms with Crippen LogP contribution in [-0.4, -0.2) is 61.4 Å². The normalized spacial score (nSPS) is 16.0. The van der Waals surface area contributed by atoms with Crippen molar-refractivity contribution >= 4 is 28.9 Å². The van der Waals surface area contributed by atoms with E-state index in [0.29, 0.717) is 26.0 Å². The topological polar surface area (TPSA) is 71.4 Å². The molecule has 2 aromatic rings. The molecule has 8 heteroatoms. The van der Waals surface area contributed by atoms with E-state index in [-0.39, 0.29) is 29.8 Å². The molecule has 0 fully saturated rings. The van der Waals surface area contributed by atoms with Crippen LogP contribution >= 0.6 is 11.3 Å². The number of carbonyl (C=O) groups is 2. The molecule has 3 rings (SSSR count). The third kappa shape index (κ3) is 6.65. The molecule has 0 saturated heterocycles. The molecular formula is C25H33N3O4S. The standard InChI is InChI=1S/C25H33N3O4S/c1-25(2,3)16-23(29)27(12-13-31-4)17-24(30)28-21(18-8-10-19(32-5)11-9-18)15-20(26-28)22-7-6-14-33-22/h6-11,14,21H,12-13,15-17H2,1-5H3/t21-/m0/s1. The first kappa shape index (κ1) is 24.9. The maximum Gasteiger partial charge on any atom is 0.262 e. The molecule has 0 N–H and O–H groups in total. The number of amides is 2. The number of carbonyl (C=O) groups excluding carboxylic acids is 2. The third-order valence-corrected chi connectivity index (χ3v) is 6.32. The Bertz CT molecular complexity index is 965. The minimum absolute atomic E-state index is 0.0356. The lowest BCUT2D eigenvalue weighted by atomic mass is 9.91. The SMILES string of the molecule is COCCN(CC(=O)N1N=C(c2cccs2)C[C@H]1c1ccc(OC)cc1)C(=O)CC(C)(C)C. The van der Waals surface area contributed by atoms with Crippen LogP contribution in [0.2, 0.25) is 0 Å². The van der Waals surface area contributed by atoms with Gasteiger partial charge in [0, 0.05) is 26.5 Å². The maximum atomic E-state index is 13.5. The van der Waals surface area contributed by atoms with Crippen LogP contribution in [0.3, 0.4) is 0 Å². The van der Waals surface area contributed by atoms with Gasteiger partial charge in [0.05, 0.1) is 30.3 Å². The average molecular weight is 472 g/mol. The molecule has 1 atom stereocenters. The molecule has 0 bridgehead atoms. The lowest BCUT2D eigenvalue weighted by Gasteiger charge is -2.29. The largest absolute Gasteiger partial charge is 0.497 e. The quantitative estimate of drug-likeness (QED) is 0.545. The van der Waals surface area contributed by atoms with Gasteiger partial charge < -0.3 is 14.4 Å². The van der Waals surface area contributed by atoms with Gasteiger partial charge in [-0.1, -0.05) is 39.0 Å². The molecule has 0 saturated carbocycles. The van der Waals surface area contributed by atoms with Crippen LogP contribution in [-0.2, 0) is 14.3 Å². The second-order valence-corrected chi connectivity index (χ2v) is 10.2. The number of ether oxygens (including phenoxy) is 2. The molecule has 0 aliphatic carbocycles. The summed E-state index contributed by atoms with van der Waals surface area (Å²) in [5.41, 5.74) is 1.68. The van der Waals surface area contributed by atoms with Gasteiger partial charge in [-0.2, -0.15) is 5.10 Å². The fourth-order valence-electron chi connectivity index (χ4n) is 3.71. The average Bonchev–Trinajstić information content (AvgIpc) is 3.45. The van der Waals surface area contributed by atoms with E-state index >= 15 is 0 Å². The summed E-state index contributed by atoms with van der Waals surface area (Å²) in [5, 5.41) is 8.25. The summed E-state index contributed by atoms with van der Waals surface area (Å²) in [6, 6.07) is 11.5. The predicted octanol–water partition coefficient (Wildman–Crippen LogP) is 4.35. The fraction of sp³-hybridized carbons (Fsp3) is 0.480. The molecule has 178 valence electrons. The van der Waals surface area contributed by atoms with Crippen molar-refractivity contribution in [3.8, 4) is 5.75 Å². The Labute approximate surface area is 200 Å². The highest BCUT2D eigenvalue weighted by Crippen LogP contribution is 2.34. The zero-order valence-electron chi connectivity index (χ0n) is 20.0. The number of thiophene rings is 1. The van der Waals surface area contributed by atoms with Crippen molar-refractivity contribution in [2.75, 3.05) is 33.9 Å². The van der Waals surface area contributed by atoms with Crippen LogP contribution in [0, 0.1) is 5.41 Å². The summed E-state index contributed by atoms with van der Waals surface area (Å²) in [7, 11) is 3.22. The fourth-order valence-corrected chi connectivity index (χ4v) is 4.43. The number of hydrogen-bond donors (Lipinski definition) is 0. The highest BCUT2D eigenvalue weighted by Gasteiger charge is 2.35. The Hall–Kier alpha value is -2.71. The van der Waals surface area contributed by atoms with Crippen molar-refractivity contribution in [1.29, 1.82) is 0 Å².